The molecule has 0 radical (unpaired) electrons. The zero-order chi connectivity index (χ0) is 12.0. The van der Waals surface area contributed by atoms with E-state index in [0.29, 0.717) is 16.0 Å². The van der Waals surface area contributed by atoms with Gasteiger partial charge in [-0.2, -0.15) is 0 Å². The van der Waals surface area contributed by atoms with Crippen molar-refractivity contribution in [1.82, 2.24) is 5.48 Å². The first-order valence-electron chi connectivity index (χ1n) is 5.71. The smallest absolute Gasteiger partial charge is 0.125 e. The molecular formula is C13H13Cl2NO. The lowest BCUT2D eigenvalue weighted by atomic mass is 9.92. The first-order chi connectivity index (χ1) is 8.10. The average molecular weight is 270 g/mol. The molecule has 0 saturated heterocycles. The van der Waals surface area contributed by atoms with Crippen molar-refractivity contribution in [2.75, 3.05) is 0 Å². The maximum Gasteiger partial charge on any atom is 0.125 e. The van der Waals surface area contributed by atoms with Gasteiger partial charge < -0.3 is 4.84 Å². The Hall–Kier alpha value is -0.700. The second-order valence-corrected chi connectivity index (χ2v) is 5.64. The summed E-state index contributed by atoms with van der Waals surface area (Å²) < 4.78 is 0. The van der Waals surface area contributed by atoms with Gasteiger partial charge >= 0.3 is 0 Å². The van der Waals surface area contributed by atoms with Crippen LogP contribution in [0.5, 0.6) is 0 Å². The Balaban J connectivity index is 2.03. The van der Waals surface area contributed by atoms with Crippen molar-refractivity contribution in [1.29, 1.82) is 0 Å². The summed E-state index contributed by atoms with van der Waals surface area (Å²) >= 11 is 12.5. The summed E-state index contributed by atoms with van der Waals surface area (Å²) in [6, 6.07) is 5.54. The minimum absolute atomic E-state index is 0.437. The molecule has 1 atom stereocenters. The van der Waals surface area contributed by atoms with Gasteiger partial charge in [0.2, 0.25) is 0 Å². The fourth-order valence-corrected chi connectivity index (χ4v) is 2.98. The van der Waals surface area contributed by atoms with E-state index in [9.17, 15) is 0 Å². The summed E-state index contributed by atoms with van der Waals surface area (Å²) in [4.78, 5) is 5.55. The van der Waals surface area contributed by atoms with E-state index in [2.05, 4.69) is 11.6 Å². The highest BCUT2D eigenvalue weighted by Crippen LogP contribution is 2.44. The Morgan fingerprint density at radius 2 is 1.94 bits per heavy atom. The molecule has 0 bridgehead atoms. The molecule has 1 saturated carbocycles. The highest BCUT2D eigenvalue weighted by molar-refractivity contribution is 6.36. The summed E-state index contributed by atoms with van der Waals surface area (Å²) in [5, 5.41) is 1.31. The number of benzene rings is 1. The van der Waals surface area contributed by atoms with Crippen LogP contribution in [-0.4, -0.2) is 0 Å². The first-order valence-corrected chi connectivity index (χ1v) is 6.47. The zero-order valence-electron chi connectivity index (χ0n) is 9.47. The predicted octanol–water partition coefficient (Wildman–Crippen LogP) is 4.04. The third kappa shape index (κ3) is 1.95. The van der Waals surface area contributed by atoms with E-state index in [-0.39, 0.29) is 0 Å². The van der Waals surface area contributed by atoms with Crippen LogP contribution < -0.4 is 5.48 Å². The molecule has 0 amide bonds. The minimum Gasteiger partial charge on any atom is -0.412 e. The first kappa shape index (κ1) is 11.4. The maximum atomic E-state index is 6.23. The van der Waals surface area contributed by atoms with Gasteiger partial charge in [-0.3, -0.25) is 0 Å². The highest BCUT2D eigenvalue weighted by Gasteiger charge is 2.40. The molecular weight excluding hydrogens is 257 g/mol. The van der Waals surface area contributed by atoms with Gasteiger partial charge in [0.05, 0.1) is 0 Å². The number of nitrogens with one attached hydrogen (secondary N) is 1. The number of allylic oxidation sites excluding steroid dienone is 1. The van der Waals surface area contributed by atoms with Crippen LogP contribution in [-0.2, 0) is 10.4 Å². The van der Waals surface area contributed by atoms with Crippen molar-refractivity contribution in [2.24, 2.45) is 5.92 Å². The summed E-state index contributed by atoms with van der Waals surface area (Å²) in [6.07, 6.45) is 4.51. The molecule has 1 unspecified atom stereocenters. The van der Waals surface area contributed by atoms with E-state index >= 15 is 0 Å². The van der Waals surface area contributed by atoms with Gasteiger partial charge in [0.15, 0.2) is 0 Å². The maximum absolute atomic E-state index is 6.23. The van der Waals surface area contributed by atoms with Crippen LogP contribution in [0.25, 0.3) is 0 Å². The lowest BCUT2D eigenvalue weighted by Crippen LogP contribution is -2.33. The summed E-state index contributed by atoms with van der Waals surface area (Å²) in [7, 11) is 0. The van der Waals surface area contributed by atoms with Crippen molar-refractivity contribution in [3.63, 3.8) is 0 Å². The Kier molecular flexibility index (Phi) is 2.62. The quantitative estimate of drug-likeness (QED) is 0.875. The van der Waals surface area contributed by atoms with Crippen molar-refractivity contribution in [3.05, 3.63) is 45.6 Å². The molecule has 1 aliphatic heterocycles. The lowest BCUT2D eigenvalue weighted by molar-refractivity contribution is 0.0764. The van der Waals surface area contributed by atoms with Crippen LogP contribution in [0, 0.1) is 5.92 Å². The van der Waals surface area contributed by atoms with E-state index in [1.54, 1.807) is 0 Å². The highest BCUT2D eigenvalue weighted by atomic mass is 35.5. The van der Waals surface area contributed by atoms with E-state index in [4.69, 9.17) is 28.0 Å². The van der Waals surface area contributed by atoms with Gasteiger partial charge in [-0.1, -0.05) is 29.3 Å². The van der Waals surface area contributed by atoms with Crippen molar-refractivity contribution < 1.29 is 4.84 Å². The normalized spacial score (nSPS) is 27.8. The fourth-order valence-electron chi connectivity index (χ4n) is 2.19. The third-order valence-corrected chi connectivity index (χ3v) is 3.90. The number of rotatable bonds is 2. The molecule has 1 N–H and O–H groups in total. The monoisotopic (exact) mass is 269 g/mol. The largest absolute Gasteiger partial charge is 0.412 e. The van der Waals surface area contributed by atoms with Gasteiger partial charge in [0, 0.05) is 21.5 Å². The Bertz CT molecular complexity index is 476. The molecule has 3 rings (SSSR count). The van der Waals surface area contributed by atoms with Crippen LogP contribution in [0.3, 0.4) is 0 Å². The third-order valence-electron chi connectivity index (χ3n) is 3.27. The predicted molar refractivity (Wildman–Crippen MR) is 68.8 cm³/mol. The van der Waals surface area contributed by atoms with Crippen molar-refractivity contribution in [3.8, 4) is 0 Å². The van der Waals surface area contributed by atoms with Crippen LogP contribution in [0.2, 0.25) is 10.0 Å². The molecule has 2 aliphatic rings. The second-order valence-electron chi connectivity index (χ2n) is 4.82. The van der Waals surface area contributed by atoms with Gasteiger partial charge in [-0.05, 0) is 38.0 Å². The molecule has 0 spiro atoms. The molecule has 1 heterocycles. The molecule has 0 aromatic heterocycles. The Morgan fingerprint density at radius 3 is 2.53 bits per heavy atom. The number of halogens is 2. The van der Waals surface area contributed by atoms with Gasteiger partial charge in [-0.15, -0.1) is 5.48 Å². The van der Waals surface area contributed by atoms with Crippen LogP contribution >= 0.6 is 23.2 Å². The van der Waals surface area contributed by atoms with Crippen LogP contribution in [0.15, 0.2) is 30.0 Å². The molecule has 4 heteroatoms. The average Bonchev–Trinajstić information content (AvgIpc) is 3.03. The van der Waals surface area contributed by atoms with Gasteiger partial charge in [0.1, 0.15) is 11.3 Å². The molecule has 1 fully saturated rings. The van der Waals surface area contributed by atoms with Gasteiger partial charge in [0.25, 0.3) is 0 Å². The van der Waals surface area contributed by atoms with E-state index in [1.807, 2.05) is 25.1 Å². The molecule has 17 heavy (non-hydrogen) atoms. The van der Waals surface area contributed by atoms with E-state index < -0.39 is 5.54 Å². The van der Waals surface area contributed by atoms with Crippen molar-refractivity contribution in [2.45, 2.75) is 25.3 Å². The second kappa shape index (κ2) is 3.91. The Morgan fingerprint density at radius 1 is 1.29 bits per heavy atom. The summed E-state index contributed by atoms with van der Waals surface area (Å²) in [6.45, 7) is 2.02. The van der Waals surface area contributed by atoms with Crippen LogP contribution in [0.1, 0.15) is 25.3 Å². The fraction of sp³-hybridized carbons (Fsp3) is 0.385. The Labute approximate surface area is 111 Å². The van der Waals surface area contributed by atoms with E-state index in [1.165, 1.54) is 12.8 Å². The van der Waals surface area contributed by atoms with E-state index in [0.717, 1.165) is 11.3 Å². The SMILES string of the molecule is CC1(c2c(Cl)cccc2Cl)C=C(C2CC2)ON1. The van der Waals surface area contributed by atoms with Crippen LogP contribution in [0.4, 0.5) is 0 Å². The van der Waals surface area contributed by atoms with Gasteiger partial charge in [-0.25, -0.2) is 0 Å². The zero-order valence-corrected chi connectivity index (χ0v) is 11.0. The number of hydrogen-bond acceptors (Lipinski definition) is 2. The lowest BCUT2D eigenvalue weighted by Gasteiger charge is -2.23. The molecule has 1 aromatic carbocycles. The minimum atomic E-state index is -0.437. The topological polar surface area (TPSA) is 21.3 Å². The number of hydroxylamine groups is 1. The molecule has 90 valence electrons. The van der Waals surface area contributed by atoms with Crippen molar-refractivity contribution >= 4 is 23.2 Å². The number of hydrogen-bond donors (Lipinski definition) is 1. The molecule has 2 nitrogen and oxygen atoms in total. The standard InChI is InChI=1S/C13H13Cl2NO/c1-13(7-11(17-16-13)8-5-6-8)12-9(14)3-2-4-10(12)15/h2-4,7-8,16H,5-6H2,1H3. The summed E-state index contributed by atoms with van der Waals surface area (Å²) in [5.74, 6) is 1.59. The molecule has 1 aromatic rings. The summed E-state index contributed by atoms with van der Waals surface area (Å²) in [5.41, 5.74) is 3.48. The molecule has 1 aliphatic carbocycles.